The van der Waals surface area contributed by atoms with E-state index in [9.17, 15) is 4.79 Å². The number of nitrogens with zero attached hydrogens (tertiary/aromatic N) is 1. The Morgan fingerprint density at radius 2 is 1.71 bits per heavy atom. The quantitative estimate of drug-likeness (QED) is 0.262. The van der Waals surface area contributed by atoms with E-state index in [1.807, 2.05) is 11.8 Å². The van der Waals surface area contributed by atoms with Crippen molar-refractivity contribution in [3.8, 4) is 17.2 Å². The first-order valence-corrected chi connectivity index (χ1v) is 12.0. The summed E-state index contributed by atoms with van der Waals surface area (Å²) in [5, 5.41) is 7.90. The molecule has 5 N–H and O–H groups in total. The minimum atomic E-state index is -0.0270. The highest BCUT2D eigenvalue weighted by Crippen LogP contribution is 2.30. The van der Waals surface area contributed by atoms with Crippen molar-refractivity contribution >= 4 is 11.8 Å². The Morgan fingerprint density at radius 3 is 2.35 bits per heavy atom. The Balaban J connectivity index is 1.76. The number of nitrogens with one attached hydrogen (secondary N) is 1. The van der Waals surface area contributed by atoms with Crippen molar-refractivity contribution in [3.63, 3.8) is 0 Å². The molecular weight excluding hydrogens is 432 g/mol. The van der Waals surface area contributed by atoms with Crippen LogP contribution < -0.4 is 20.9 Å². The lowest BCUT2D eigenvalue weighted by Gasteiger charge is -2.32. The third-order valence-corrected chi connectivity index (χ3v) is 5.86. The average molecular weight is 469 g/mol. The molecule has 0 atom stereocenters. The van der Waals surface area contributed by atoms with Crippen molar-refractivity contribution < 1.29 is 19.0 Å². The third-order valence-electron chi connectivity index (χ3n) is 5.86. The van der Waals surface area contributed by atoms with E-state index >= 15 is 0 Å². The van der Waals surface area contributed by atoms with Crippen molar-refractivity contribution in [2.24, 2.45) is 17.4 Å². The maximum Gasteiger partial charge on any atom is 0.254 e. The molecule has 8 heteroatoms. The van der Waals surface area contributed by atoms with E-state index < -0.39 is 0 Å². The summed E-state index contributed by atoms with van der Waals surface area (Å²) in [5.41, 5.74) is 12.5. The highest BCUT2D eigenvalue weighted by atomic mass is 16.5. The molecule has 0 saturated carbocycles. The summed E-state index contributed by atoms with van der Waals surface area (Å²) < 4.78 is 17.1. The fraction of sp³-hybridized carbons (Fsp3) is 0.462. The van der Waals surface area contributed by atoms with Gasteiger partial charge in [-0.3, -0.25) is 10.2 Å². The first-order valence-electron chi connectivity index (χ1n) is 12.0. The molecule has 0 aliphatic carbocycles. The number of nitrogens with two attached hydrogens (primary N) is 2. The molecule has 0 radical (unpaired) electrons. The van der Waals surface area contributed by atoms with Gasteiger partial charge in [-0.15, -0.1) is 0 Å². The first kappa shape index (κ1) is 25.5. The molecule has 8 nitrogen and oxygen atoms in total. The molecule has 1 fully saturated rings. The minimum Gasteiger partial charge on any atom is -0.493 e. The van der Waals surface area contributed by atoms with Gasteiger partial charge in [-0.1, -0.05) is 0 Å². The summed E-state index contributed by atoms with van der Waals surface area (Å²) in [6.45, 7) is 5.42. The second kappa shape index (κ2) is 13.0. The molecule has 3 rings (SSSR count). The molecule has 2 aromatic carbocycles. The zero-order valence-electron chi connectivity index (χ0n) is 19.9. The molecule has 1 amide bonds. The molecule has 1 heterocycles. The topological polar surface area (TPSA) is 124 Å². The Hall–Kier alpha value is -3.10. The fourth-order valence-electron chi connectivity index (χ4n) is 3.99. The van der Waals surface area contributed by atoms with Crippen LogP contribution >= 0.6 is 0 Å². The zero-order valence-corrected chi connectivity index (χ0v) is 19.9. The maximum atomic E-state index is 13.3. The van der Waals surface area contributed by atoms with Crippen LogP contribution in [0.2, 0.25) is 0 Å². The zero-order chi connectivity index (χ0) is 24.3. The van der Waals surface area contributed by atoms with Gasteiger partial charge < -0.3 is 30.6 Å². The van der Waals surface area contributed by atoms with Crippen molar-refractivity contribution in [2.75, 3.05) is 39.4 Å². The number of hydrogen-bond donors (Lipinski definition) is 3. The van der Waals surface area contributed by atoms with Crippen LogP contribution in [0.15, 0.2) is 42.5 Å². The second-order valence-electron chi connectivity index (χ2n) is 8.39. The van der Waals surface area contributed by atoms with Gasteiger partial charge in [0.25, 0.3) is 5.91 Å². The number of benzene rings is 2. The highest BCUT2D eigenvalue weighted by Gasteiger charge is 2.24. The van der Waals surface area contributed by atoms with Gasteiger partial charge in [-0.25, -0.2) is 0 Å². The van der Waals surface area contributed by atoms with Crippen molar-refractivity contribution in [3.05, 3.63) is 53.6 Å². The lowest BCUT2D eigenvalue weighted by atomic mass is 9.93. The van der Waals surface area contributed by atoms with E-state index in [4.69, 9.17) is 31.1 Å². The maximum absolute atomic E-state index is 13.3. The van der Waals surface area contributed by atoms with Crippen LogP contribution in [-0.2, 0) is 4.74 Å². The van der Waals surface area contributed by atoms with Gasteiger partial charge in [-0.2, -0.15) is 0 Å². The van der Waals surface area contributed by atoms with Gasteiger partial charge in [0.1, 0.15) is 17.2 Å². The Bertz CT molecular complexity index is 940. The van der Waals surface area contributed by atoms with Gasteiger partial charge in [0, 0.05) is 30.3 Å². The van der Waals surface area contributed by atoms with Crippen LogP contribution in [0.25, 0.3) is 0 Å². The molecule has 1 aliphatic heterocycles. The SMILES string of the molecule is CCOC(=N)c1ccc(Oc2cc(OCCCN)cc(C(=O)N3CCC(CCN)CC3)c2)cc1. The molecule has 0 bridgehead atoms. The van der Waals surface area contributed by atoms with E-state index in [1.54, 1.807) is 42.5 Å². The molecule has 2 aromatic rings. The third kappa shape index (κ3) is 7.20. The molecule has 1 aliphatic rings. The predicted octanol–water partition coefficient (Wildman–Crippen LogP) is 3.77. The normalized spacial score (nSPS) is 14.0. The van der Waals surface area contributed by atoms with Crippen LogP contribution in [0.1, 0.15) is 48.5 Å². The molecule has 1 saturated heterocycles. The van der Waals surface area contributed by atoms with Crippen LogP contribution in [0.5, 0.6) is 17.2 Å². The molecule has 0 aromatic heterocycles. The van der Waals surface area contributed by atoms with Crippen molar-refractivity contribution in [1.29, 1.82) is 5.41 Å². The summed E-state index contributed by atoms with van der Waals surface area (Å²) in [6.07, 6.45) is 3.67. The van der Waals surface area contributed by atoms with Gasteiger partial charge in [0.15, 0.2) is 0 Å². The monoisotopic (exact) mass is 468 g/mol. The summed E-state index contributed by atoms with van der Waals surface area (Å²) in [7, 11) is 0. The number of piperidine rings is 1. The van der Waals surface area contributed by atoms with Gasteiger partial charge in [0.05, 0.1) is 13.2 Å². The van der Waals surface area contributed by atoms with Gasteiger partial charge in [0.2, 0.25) is 5.90 Å². The van der Waals surface area contributed by atoms with E-state index in [1.165, 1.54) is 0 Å². The Kier molecular flexibility index (Phi) is 9.73. The first-order chi connectivity index (χ1) is 16.5. The van der Waals surface area contributed by atoms with E-state index in [-0.39, 0.29) is 11.8 Å². The number of hydrogen-bond acceptors (Lipinski definition) is 7. The van der Waals surface area contributed by atoms with E-state index in [0.717, 1.165) is 38.8 Å². The molecule has 184 valence electrons. The van der Waals surface area contributed by atoms with Gasteiger partial charge in [-0.05, 0) is 88.0 Å². The second-order valence-corrected chi connectivity index (χ2v) is 8.39. The van der Waals surface area contributed by atoms with Crippen LogP contribution in [0.4, 0.5) is 0 Å². The molecule has 0 spiro atoms. The smallest absolute Gasteiger partial charge is 0.254 e. The summed E-state index contributed by atoms with van der Waals surface area (Å²) in [6, 6.07) is 12.4. The Labute approximate surface area is 201 Å². The van der Waals surface area contributed by atoms with Crippen LogP contribution in [-0.4, -0.2) is 56.1 Å². The fourth-order valence-corrected chi connectivity index (χ4v) is 3.99. The predicted molar refractivity (Wildman–Crippen MR) is 133 cm³/mol. The molecular formula is C26H36N4O4. The number of rotatable bonds is 11. The van der Waals surface area contributed by atoms with Gasteiger partial charge >= 0.3 is 0 Å². The number of carbonyl (C=O) groups excluding carboxylic acids is 1. The van der Waals surface area contributed by atoms with Crippen molar-refractivity contribution in [1.82, 2.24) is 4.90 Å². The standard InChI is InChI=1S/C26H36N4O4/c1-2-32-25(29)20-4-6-22(7-5-20)34-24-17-21(16-23(18-24)33-15-3-11-27)26(31)30-13-9-19(8-12-28)10-14-30/h4-7,16-19,29H,2-3,8-15,27-28H2,1H3. The van der Waals surface area contributed by atoms with Crippen molar-refractivity contribution in [2.45, 2.75) is 32.6 Å². The number of ether oxygens (including phenoxy) is 3. The number of likely N-dealkylation sites (tertiary alicyclic amines) is 1. The largest absolute Gasteiger partial charge is 0.493 e. The lowest BCUT2D eigenvalue weighted by molar-refractivity contribution is 0.0687. The summed E-state index contributed by atoms with van der Waals surface area (Å²) >= 11 is 0. The molecule has 0 unspecified atom stereocenters. The minimum absolute atomic E-state index is 0.0270. The average Bonchev–Trinajstić information content (AvgIpc) is 2.85. The summed E-state index contributed by atoms with van der Waals surface area (Å²) in [4.78, 5) is 15.2. The van der Waals surface area contributed by atoms with E-state index in [0.29, 0.717) is 60.6 Å². The summed E-state index contributed by atoms with van der Waals surface area (Å²) in [5.74, 6) is 2.36. The van der Waals surface area contributed by atoms with Crippen LogP contribution in [0, 0.1) is 11.3 Å². The Morgan fingerprint density at radius 1 is 1.00 bits per heavy atom. The highest BCUT2D eigenvalue weighted by molar-refractivity contribution is 5.95. The number of amides is 1. The number of carbonyl (C=O) groups is 1. The van der Waals surface area contributed by atoms with E-state index in [2.05, 4.69) is 0 Å². The molecule has 34 heavy (non-hydrogen) atoms. The van der Waals surface area contributed by atoms with Crippen LogP contribution in [0.3, 0.4) is 0 Å². The lowest BCUT2D eigenvalue weighted by Crippen LogP contribution is -2.38.